The van der Waals surface area contributed by atoms with Crippen molar-refractivity contribution in [3.63, 3.8) is 0 Å². The number of ether oxygens (including phenoxy) is 1. The quantitative estimate of drug-likeness (QED) is 0.720. The summed E-state index contributed by atoms with van der Waals surface area (Å²) in [6.07, 6.45) is 2.09. The standard InChI is InChI=1S/C15H29N3O3/c1-15(2,3)17-14(20)13(19)16-11-12-5-7-18(8-6-12)9-10-21-4/h12H,5-11H2,1-4H3,(H,16,19)(H,17,20). The van der Waals surface area contributed by atoms with Gasteiger partial charge in [0.15, 0.2) is 0 Å². The van der Waals surface area contributed by atoms with Crippen molar-refractivity contribution in [1.82, 2.24) is 15.5 Å². The van der Waals surface area contributed by atoms with Crippen LogP contribution in [0, 0.1) is 5.92 Å². The molecular formula is C15H29N3O3. The van der Waals surface area contributed by atoms with Gasteiger partial charge < -0.3 is 20.3 Å². The predicted octanol–water partition coefficient (Wildman–Crippen LogP) is 0.376. The molecule has 0 radical (unpaired) electrons. The zero-order valence-corrected chi connectivity index (χ0v) is 13.7. The Morgan fingerprint density at radius 2 is 1.81 bits per heavy atom. The van der Waals surface area contributed by atoms with Crippen LogP contribution in [0.3, 0.4) is 0 Å². The average molecular weight is 299 g/mol. The van der Waals surface area contributed by atoms with Crippen molar-refractivity contribution >= 4 is 11.8 Å². The Morgan fingerprint density at radius 3 is 2.33 bits per heavy atom. The van der Waals surface area contributed by atoms with Crippen molar-refractivity contribution in [2.45, 2.75) is 39.2 Å². The highest BCUT2D eigenvalue weighted by molar-refractivity contribution is 6.35. The first-order chi connectivity index (χ1) is 9.81. The van der Waals surface area contributed by atoms with Gasteiger partial charge in [-0.2, -0.15) is 0 Å². The maximum absolute atomic E-state index is 11.7. The third-order valence-corrected chi connectivity index (χ3v) is 3.56. The van der Waals surface area contributed by atoms with E-state index < -0.39 is 11.8 Å². The molecule has 2 N–H and O–H groups in total. The second-order valence-corrected chi connectivity index (χ2v) is 6.69. The zero-order chi connectivity index (χ0) is 15.9. The minimum atomic E-state index is -0.556. The van der Waals surface area contributed by atoms with E-state index in [0.29, 0.717) is 12.5 Å². The van der Waals surface area contributed by atoms with E-state index in [0.717, 1.165) is 39.1 Å². The Hall–Kier alpha value is -1.14. The average Bonchev–Trinajstić information content (AvgIpc) is 2.41. The number of nitrogens with zero attached hydrogens (tertiary/aromatic N) is 1. The molecule has 6 nitrogen and oxygen atoms in total. The van der Waals surface area contributed by atoms with E-state index in [1.165, 1.54) is 0 Å². The Morgan fingerprint density at radius 1 is 1.19 bits per heavy atom. The second kappa shape index (κ2) is 8.34. The van der Waals surface area contributed by atoms with Crippen LogP contribution in [0.15, 0.2) is 0 Å². The van der Waals surface area contributed by atoms with Crippen LogP contribution in [-0.4, -0.2) is 62.1 Å². The maximum Gasteiger partial charge on any atom is 0.309 e. The van der Waals surface area contributed by atoms with Crippen LogP contribution < -0.4 is 10.6 Å². The number of rotatable bonds is 5. The van der Waals surface area contributed by atoms with Gasteiger partial charge in [-0.3, -0.25) is 9.59 Å². The lowest BCUT2D eigenvalue weighted by Crippen LogP contribution is -2.49. The van der Waals surface area contributed by atoms with Crippen LogP contribution >= 0.6 is 0 Å². The highest BCUT2D eigenvalue weighted by atomic mass is 16.5. The number of piperidine rings is 1. The molecule has 0 atom stereocenters. The Bertz CT molecular complexity index is 345. The van der Waals surface area contributed by atoms with Crippen LogP contribution in [0.2, 0.25) is 0 Å². The molecule has 0 saturated carbocycles. The fourth-order valence-electron chi connectivity index (χ4n) is 2.35. The topological polar surface area (TPSA) is 70.7 Å². The van der Waals surface area contributed by atoms with Crippen LogP contribution in [0.4, 0.5) is 0 Å². The number of carbonyl (C=O) groups is 2. The molecule has 2 amide bonds. The molecule has 1 aliphatic rings. The van der Waals surface area contributed by atoms with Crippen LogP contribution in [0.1, 0.15) is 33.6 Å². The molecule has 1 saturated heterocycles. The smallest absolute Gasteiger partial charge is 0.309 e. The van der Waals surface area contributed by atoms with Gasteiger partial charge in [0.05, 0.1) is 6.61 Å². The number of likely N-dealkylation sites (tertiary alicyclic amines) is 1. The van der Waals surface area contributed by atoms with Crippen LogP contribution in [0.25, 0.3) is 0 Å². The summed E-state index contributed by atoms with van der Waals surface area (Å²) in [6.45, 7) is 9.92. The molecule has 0 bridgehead atoms. The van der Waals surface area contributed by atoms with Gasteiger partial charge in [0.2, 0.25) is 0 Å². The molecule has 1 heterocycles. The van der Waals surface area contributed by atoms with E-state index in [2.05, 4.69) is 15.5 Å². The van der Waals surface area contributed by atoms with Gasteiger partial charge in [-0.05, 0) is 52.6 Å². The zero-order valence-electron chi connectivity index (χ0n) is 13.7. The molecule has 1 aliphatic heterocycles. The lowest BCUT2D eigenvalue weighted by Gasteiger charge is -2.31. The Labute approximate surface area is 127 Å². The number of carbonyl (C=O) groups excluding carboxylic acids is 2. The summed E-state index contributed by atoms with van der Waals surface area (Å²) < 4.78 is 5.07. The van der Waals surface area contributed by atoms with Gasteiger partial charge in [0.25, 0.3) is 0 Å². The molecular weight excluding hydrogens is 270 g/mol. The summed E-state index contributed by atoms with van der Waals surface area (Å²) >= 11 is 0. The Balaban J connectivity index is 2.21. The first-order valence-corrected chi connectivity index (χ1v) is 7.63. The van der Waals surface area contributed by atoms with E-state index in [-0.39, 0.29) is 5.54 Å². The fourth-order valence-corrected chi connectivity index (χ4v) is 2.35. The van der Waals surface area contributed by atoms with Crippen molar-refractivity contribution < 1.29 is 14.3 Å². The molecule has 0 aromatic heterocycles. The summed E-state index contributed by atoms with van der Waals surface area (Å²) in [4.78, 5) is 25.7. The largest absolute Gasteiger partial charge is 0.383 e. The number of hydrogen-bond donors (Lipinski definition) is 2. The highest BCUT2D eigenvalue weighted by Gasteiger charge is 2.23. The number of amides is 2. The highest BCUT2D eigenvalue weighted by Crippen LogP contribution is 2.15. The van der Waals surface area contributed by atoms with Gasteiger partial charge in [-0.1, -0.05) is 0 Å². The summed E-state index contributed by atoms with van der Waals surface area (Å²) in [5.41, 5.74) is -0.388. The molecule has 0 spiro atoms. The summed E-state index contributed by atoms with van der Waals surface area (Å²) in [6, 6.07) is 0. The van der Waals surface area contributed by atoms with Gasteiger partial charge in [0, 0.05) is 25.7 Å². The van der Waals surface area contributed by atoms with Gasteiger partial charge in [0.1, 0.15) is 0 Å². The molecule has 0 aromatic rings. The first-order valence-electron chi connectivity index (χ1n) is 7.63. The van der Waals surface area contributed by atoms with E-state index in [9.17, 15) is 9.59 Å². The maximum atomic E-state index is 11.7. The lowest BCUT2D eigenvalue weighted by atomic mass is 9.97. The van der Waals surface area contributed by atoms with Crippen molar-refractivity contribution in [1.29, 1.82) is 0 Å². The van der Waals surface area contributed by atoms with Crippen LogP contribution in [-0.2, 0) is 14.3 Å². The fraction of sp³-hybridized carbons (Fsp3) is 0.867. The van der Waals surface area contributed by atoms with Crippen LogP contribution in [0.5, 0.6) is 0 Å². The second-order valence-electron chi connectivity index (χ2n) is 6.69. The molecule has 1 fully saturated rings. The summed E-state index contributed by atoms with van der Waals surface area (Å²) in [5.74, 6) is -0.637. The molecule has 0 aliphatic carbocycles. The van der Waals surface area contributed by atoms with Crippen molar-refractivity contribution in [3.05, 3.63) is 0 Å². The predicted molar refractivity (Wildman–Crippen MR) is 81.9 cm³/mol. The molecule has 0 unspecified atom stereocenters. The van der Waals surface area contributed by atoms with Gasteiger partial charge >= 0.3 is 11.8 Å². The molecule has 1 rings (SSSR count). The third-order valence-electron chi connectivity index (χ3n) is 3.56. The molecule has 0 aromatic carbocycles. The van der Waals surface area contributed by atoms with Crippen molar-refractivity contribution in [2.75, 3.05) is 39.9 Å². The number of nitrogens with one attached hydrogen (secondary N) is 2. The summed E-state index contributed by atoms with van der Waals surface area (Å²) in [7, 11) is 1.71. The van der Waals surface area contributed by atoms with Gasteiger partial charge in [-0.15, -0.1) is 0 Å². The number of hydrogen-bond acceptors (Lipinski definition) is 4. The molecule has 6 heteroatoms. The summed E-state index contributed by atoms with van der Waals surface area (Å²) in [5, 5.41) is 5.40. The van der Waals surface area contributed by atoms with E-state index >= 15 is 0 Å². The lowest BCUT2D eigenvalue weighted by molar-refractivity contribution is -0.140. The normalized spacial score (nSPS) is 17.5. The van der Waals surface area contributed by atoms with Crippen molar-refractivity contribution in [2.24, 2.45) is 5.92 Å². The van der Waals surface area contributed by atoms with E-state index in [1.807, 2.05) is 20.8 Å². The SMILES string of the molecule is COCCN1CCC(CNC(=O)C(=O)NC(C)(C)C)CC1. The van der Waals surface area contributed by atoms with Crippen molar-refractivity contribution in [3.8, 4) is 0 Å². The Kier molecular flexibility index (Phi) is 7.11. The first kappa shape index (κ1) is 17.9. The van der Waals surface area contributed by atoms with E-state index in [1.54, 1.807) is 7.11 Å². The molecule has 122 valence electrons. The monoisotopic (exact) mass is 299 g/mol. The van der Waals surface area contributed by atoms with Gasteiger partial charge in [-0.25, -0.2) is 0 Å². The van der Waals surface area contributed by atoms with E-state index in [4.69, 9.17) is 4.74 Å². The molecule has 21 heavy (non-hydrogen) atoms. The minimum absolute atomic E-state index is 0.388. The number of methoxy groups -OCH3 is 1. The third kappa shape index (κ3) is 7.43. The minimum Gasteiger partial charge on any atom is -0.383 e.